The molecule has 0 spiro atoms. The molecule has 2 N–H and O–H groups in total. The Balaban J connectivity index is 2.12. The van der Waals surface area contributed by atoms with Gasteiger partial charge in [-0.05, 0) is 49.2 Å². The van der Waals surface area contributed by atoms with Gasteiger partial charge < -0.3 is 5.73 Å². The van der Waals surface area contributed by atoms with E-state index in [-0.39, 0.29) is 0 Å². The molecule has 0 saturated heterocycles. The highest BCUT2D eigenvalue weighted by Crippen LogP contribution is 2.37. The van der Waals surface area contributed by atoms with Crippen LogP contribution in [0.3, 0.4) is 0 Å². The molecule has 0 aliphatic heterocycles. The van der Waals surface area contributed by atoms with Gasteiger partial charge in [0, 0.05) is 20.2 Å². The van der Waals surface area contributed by atoms with Crippen molar-refractivity contribution in [1.29, 1.82) is 0 Å². The van der Waals surface area contributed by atoms with E-state index < -0.39 is 0 Å². The van der Waals surface area contributed by atoms with Gasteiger partial charge in [-0.15, -0.1) is 11.3 Å². The summed E-state index contributed by atoms with van der Waals surface area (Å²) >= 11 is 1.89. The fourth-order valence-electron chi connectivity index (χ4n) is 2.61. The van der Waals surface area contributed by atoms with Crippen LogP contribution in [0, 0.1) is 6.92 Å². The Morgan fingerprint density at radius 1 is 1.14 bits per heavy atom. The normalized spacial score (nSPS) is 12.8. The maximum absolute atomic E-state index is 5.51. The lowest BCUT2D eigenvalue weighted by Crippen LogP contribution is -1.88. The third kappa shape index (κ3) is 2.59. The van der Waals surface area contributed by atoms with Crippen LogP contribution in [0.15, 0.2) is 60.3 Å². The molecule has 3 rings (SSSR count). The summed E-state index contributed by atoms with van der Waals surface area (Å²) in [6.07, 6.45) is 6.88. The summed E-state index contributed by atoms with van der Waals surface area (Å²) in [5.41, 5.74) is 9.39. The van der Waals surface area contributed by atoms with E-state index in [1.54, 1.807) is 6.20 Å². The average molecular weight is 293 g/mol. The monoisotopic (exact) mass is 293 g/mol. The van der Waals surface area contributed by atoms with E-state index in [4.69, 9.17) is 5.73 Å². The van der Waals surface area contributed by atoms with Gasteiger partial charge in [-0.25, -0.2) is 0 Å². The predicted molar refractivity (Wildman–Crippen MR) is 94.9 cm³/mol. The van der Waals surface area contributed by atoms with Gasteiger partial charge in [-0.1, -0.05) is 42.5 Å². The Kier molecular flexibility index (Phi) is 3.80. The van der Waals surface area contributed by atoms with Crippen molar-refractivity contribution in [2.45, 2.75) is 20.3 Å². The van der Waals surface area contributed by atoms with Crippen LogP contribution >= 0.6 is 11.3 Å². The van der Waals surface area contributed by atoms with Gasteiger partial charge >= 0.3 is 0 Å². The minimum Gasteiger partial charge on any atom is -0.404 e. The molecule has 0 saturated carbocycles. The van der Waals surface area contributed by atoms with Crippen molar-refractivity contribution in [3.05, 3.63) is 71.5 Å². The Morgan fingerprint density at radius 3 is 2.76 bits per heavy atom. The summed E-state index contributed by atoms with van der Waals surface area (Å²) in [5.74, 6) is 0. The van der Waals surface area contributed by atoms with E-state index in [2.05, 4.69) is 55.5 Å². The van der Waals surface area contributed by atoms with Crippen LogP contribution in [-0.2, 0) is 6.42 Å². The maximum atomic E-state index is 5.51. The third-order valence-electron chi connectivity index (χ3n) is 3.85. The van der Waals surface area contributed by atoms with E-state index >= 15 is 0 Å². The summed E-state index contributed by atoms with van der Waals surface area (Å²) in [5, 5.41) is 2.73. The molecule has 0 radical (unpaired) electrons. The first-order valence-corrected chi connectivity index (χ1v) is 7.97. The number of nitrogens with two attached hydrogens (primary N) is 1. The number of benzene rings is 2. The fourth-order valence-corrected chi connectivity index (χ4v) is 3.92. The lowest BCUT2D eigenvalue weighted by atomic mass is 10.0. The van der Waals surface area contributed by atoms with E-state index in [0.29, 0.717) is 0 Å². The highest BCUT2D eigenvalue weighted by molar-refractivity contribution is 7.26. The van der Waals surface area contributed by atoms with Gasteiger partial charge in [-0.3, -0.25) is 0 Å². The molecule has 2 aromatic carbocycles. The van der Waals surface area contributed by atoms with Crippen LogP contribution in [0.25, 0.3) is 20.2 Å². The topological polar surface area (TPSA) is 26.0 Å². The van der Waals surface area contributed by atoms with Crippen LogP contribution in [0.2, 0.25) is 0 Å². The van der Waals surface area contributed by atoms with Crippen molar-refractivity contribution >= 4 is 31.5 Å². The molecule has 3 aromatic rings. The van der Waals surface area contributed by atoms with Crippen LogP contribution in [-0.4, -0.2) is 0 Å². The molecule has 1 nitrogen and oxygen atoms in total. The molecule has 0 fully saturated rings. The average Bonchev–Trinajstić information content (AvgIpc) is 2.88. The van der Waals surface area contributed by atoms with E-state index in [9.17, 15) is 0 Å². The highest BCUT2D eigenvalue weighted by Gasteiger charge is 2.09. The molecule has 21 heavy (non-hydrogen) atoms. The number of thiophene rings is 1. The first-order valence-electron chi connectivity index (χ1n) is 7.15. The van der Waals surface area contributed by atoms with Gasteiger partial charge in [0.2, 0.25) is 0 Å². The van der Waals surface area contributed by atoms with Crippen molar-refractivity contribution < 1.29 is 0 Å². The Bertz CT molecular complexity index is 853. The standard InChI is InChI=1S/C19H19NS/c1-13(12-20)6-5-8-15-14(2)10-11-17-16-7-3-4-9-18(16)21-19(15)17/h3-7,9-12H,8,20H2,1-2H3/b6-5-,13-12-. The van der Waals surface area contributed by atoms with Crippen molar-refractivity contribution in [3.8, 4) is 0 Å². The second kappa shape index (κ2) is 5.74. The molecule has 0 bridgehead atoms. The van der Waals surface area contributed by atoms with Crippen LogP contribution < -0.4 is 5.73 Å². The molecular weight excluding hydrogens is 274 g/mol. The van der Waals surface area contributed by atoms with Crippen LogP contribution in [0.5, 0.6) is 0 Å². The van der Waals surface area contributed by atoms with Gasteiger partial charge in [0.1, 0.15) is 0 Å². The first kappa shape index (κ1) is 13.9. The maximum Gasteiger partial charge on any atom is 0.0393 e. The van der Waals surface area contributed by atoms with Gasteiger partial charge in [-0.2, -0.15) is 0 Å². The van der Waals surface area contributed by atoms with Crippen molar-refractivity contribution in [3.63, 3.8) is 0 Å². The second-order valence-corrected chi connectivity index (χ2v) is 6.41. The molecule has 2 heteroatoms. The lowest BCUT2D eigenvalue weighted by molar-refractivity contribution is 1.24. The molecule has 1 heterocycles. The summed E-state index contributed by atoms with van der Waals surface area (Å²) in [7, 11) is 0. The molecule has 0 atom stereocenters. The van der Waals surface area contributed by atoms with Crippen LogP contribution in [0.1, 0.15) is 18.1 Å². The van der Waals surface area contributed by atoms with E-state index in [1.807, 2.05) is 18.3 Å². The highest BCUT2D eigenvalue weighted by atomic mass is 32.1. The minimum atomic E-state index is 0.946. The number of rotatable bonds is 3. The van der Waals surface area contributed by atoms with Crippen molar-refractivity contribution in [1.82, 2.24) is 0 Å². The molecule has 0 aliphatic carbocycles. The van der Waals surface area contributed by atoms with Gasteiger partial charge in [0.15, 0.2) is 0 Å². The largest absolute Gasteiger partial charge is 0.404 e. The molecular formula is C19H19NS. The summed E-state index contributed by atoms with van der Waals surface area (Å²) in [6.45, 7) is 4.21. The number of fused-ring (bicyclic) bond motifs is 3. The van der Waals surface area contributed by atoms with E-state index in [0.717, 1.165) is 12.0 Å². The molecule has 0 unspecified atom stereocenters. The number of allylic oxidation sites excluding steroid dienone is 3. The second-order valence-electron chi connectivity index (χ2n) is 5.35. The third-order valence-corrected chi connectivity index (χ3v) is 5.10. The zero-order chi connectivity index (χ0) is 14.8. The first-order chi connectivity index (χ1) is 10.2. The summed E-state index contributed by atoms with van der Waals surface area (Å²) in [4.78, 5) is 0. The summed E-state index contributed by atoms with van der Waals surface area (Å²) < 4.78 is 2.77. The van der Waals surface area contributed by atoms with Gasteiger partial charge in [0.25, 0.3) is 0 Å². The predicted octanol–water partition coefficient (Wildman–Crippen LogP) is 5.32. The molecule has 1 aromatic heterocycles. The fraction of sp³-hybridized carbons (Fsp3) is 0.158. The number of hydrogen-bond acceptors (Lipinski definition) is 2. The molecule has 0 amide bonds. The quantitative estimate of drug-likeness (QED) is 0.649. The Hall–Kier alpha value is -2.06. The molecule has 0 aliphatic rings. The zero-order valence-corrected chi connectivity index (χ0v) is 13.2. The number of aryl methyl sites for hydroxylation is 1. The zero-order valence-electron chi connectivity index (χ0n) is 12.4. The number of hydrogen-bond donors (Lipinski definition) is 1. The van der Waals surface area contributed by atoms with E-state index in [1.165, 1.54) is 31.3 Å². The SMILES string of the molecule is CC(/C=C\Cc1c(C)ccc2c1sc1ccccc12)=C/N. The smallest absolute Gasteiger partial charge is 0.0393 e. The molecule has 106 valence electrons. The lowest BCUT2D eigenvalue weighted by Gasteiger charge is -2.05. The summed E-state index contributed by atoms with van der Waals surface area (Å²) in [6, 6.07) is 13.1. The Morgan fingerprint density at radius 2 is 1.95 bits per heavy atom. The van der Waals surface area contributed by atoms with Gasteiger partial charge in [0.05, 0.1) is 0 Å². The van der Waals surface area contributed by atoms with Crippen molar-refractivity contribution in [2.24, 2.45) is 5.73 Å². The minimum absolute atomic E-state index is 0.946. The Labute approximate surface area is 129 Å². The van der Waals surface area contributed by atoms with Crippen molar-refractivity contribution in [2.75, 3.05) is 0 Å². The van der Waals surface area contributed by atoms with Crippen LogP contribution in [0.4, 0.5) is 0 Å².